The molecule has 0 radical (unpaired) electrons. The summed E-state index contributed by atoms with van der Waals surface area (Å²) in [4.78, 5) is 37.1. The van der Waals surface area contributed by atoms with Gasteiger partial charge in [0.25, 0.3) is 5.56 Å². The van der Waals surface area contributed by atoms with Crippen molar-refractivity contribution in [1.29, 1.82) is 0 Å². The van der Waals surface area contributed by atoms with Crippen molar-refractivity contribution < 1.29 is 4.79 Å². The third kappa shape index (κ3) is 4.70. The van der Waals surface area contributed by atoms with E-state index in [2.05, 4.69) is 9.97 Å². The summed E-state index contributed by atoms with van der Waals surface area (Å²) in [6, 6.07) is 13.3. The molecule has 0 saturated heterocycles. The summed E-state index contributed by atoms with van der Waals surface area (Å²) < 4.78 is 1.66. The van der Waals surface area contributed by atoms with Crippen LogP contribution in [0, 0.1) is 0 Å². The van der Waals surface area contributed by atoms with Crippen molar-refractivity contribution >= 4 is 16.8 Å². The zero-order valence-electron chi connectivity index (χ0n) is 16.5. The quantitative estimate of drug-likeness (QED) is 0.722. The molecule has 3 aromatic rings. The normalized spacial score (nSPS) is 15.7. The predicted octanol–water partition coefficient (Wildman–Crippen LogP) is 3.62. The van der Waals surface area contributed by atoms with Crippen molar-refractivity contribution in [2.45, 2.75) is 57.4 Å². The molecule has 0 bridgehead atoms. The lowest BCUT2D eigenvalue weighted by Crippen LogP contribution is -2.28. The number of hydrogen-bond donors (Lipinski definition) is 1. The first-order chi connectivity index (χ1) is 14.2. The molecule has 6 nitrogen and oxygen atoms in total. The molecule has 1 saturated carbocycles. The number of rotatable bonds is 5. The molecule has 0 spiro atoms. The largest absolute Gasteiger partial charge is 0.310 e. The Morgan fingerprint density at radius 3 is 2.76 bits per heavy atom. The molecule has 1 aliphatic carbocycles. The molecule has 150 valence electrons. The molecular weight excluding hydrogens is 364 g/mol. The molecule has 1 aromatic carbocycles. The lowest BCUT2D eigenvalue weighted by Gasteiger charge is -2.17. The molecule has 1 N–H and O–H groups in total. The highest BCUT2D eigenvalue weighted by Gasteiger charge is 2.13. The van der Waals surface area contributed by atoms with Gasteiger partial charge in [0.1, 0.15) is 11.3 Å². The van der Waals surface area contributed by atoms with Crippen molar-refractivity contribution in [1.82, 2.24) is 14.5 Å². The standard InChI is InChI=1S/C23H26N4O2/c28-22(27-16-7-6-14-21(27)24-17-9-2-1-3-10-17)15-8-13-20-25-19-12-5-4-11-18(19)23(29)26-20/h4-7,11-12,14,16-17H,1-3,8-10,13,15H2,(H,25,26,29). The Morgan fingerprint density at radius 2 is 1.90 bits per heavy atom. The van der Waals surface area contributed by atoms with Crippen LogP contribution in [0.15, 0.2) is 58.4 Å². The van der Waals surface area contributed by atoms with E-state index in [9.17, 15) is 9.59 Å². The number of nitrogens with one attached hydrogen (secondary N) is 1. The Bertz CT molecular complexity index is 1120. The smallest absolute Gasteiger partial charge is 0.258 e. The molecule has 4 rings (SSSR count). The van der Waals surface area contributed by atoms with E-state index in [1.807, 2.05) is 36.4 Å². The van der Waals surface area contributed by atoms with Crippen LogP contribution in [0.25, 0.3) is 10.9 Å². The second-order valence-corrected chi connectivity index (χ2v) is 7.63. The molecule has 1 fully saturated rings. The number of hydrogen-bond acceptors (Lipinski definition) is 4. The molecule has 2 heterocycles. The molecule has 6 heteroatoms. The zero-order chi connectivity index (χ0) is 20.1. The van der Waals surface area contributed by atoms with Gasteiger partial charge in [-0.1, -0.05) is 37.5 Å². The number of carbonyl (C=O) groups is 1. The van der Waals surface area contributed by atoms with E-state index < -0.39 is 0 Å². The van der Waals surface area contributed by atoms with Crippen LogP contribution >= 0.6 is 0 Å². The zero-order valence-corrected chi connectivity index (χ0v) is 16.5. The third-order valence-corrected chi connectivity index (χ3v) is 5.46. The van der Waals surface area contributed by atoms with Crippen molar-refractivity contribution in [3.8, 4) is 0 Å². The summed E-state index contributed by atoms with van der Waals surface area (Å²) in [7, 11) is 0. The van der Waals surface area contributed by atoms with Crippen LogP contribution in [0.3, 0.4) is 0 Å². The van der Waals surface area contributed by atoms with Crippen molar-refractivity contribution in [3.63, 3.8) is 0 Å². The second kappa shape index (κ2) is 8.99. The highest BCUT2D eigenvalue weighted by molar-refractivity contribution is 5.78. The Balaban J connectivity index is 1.44. The number of H-pyrrole nitrogens is 1. The average Bonchev–Trinajstić information content (AvgIpc) is 2.75. The first-order valence-corrected chi connectivity index (χ1v) is 10.4. The number of nitrogens with zero attached hydrogens (tertiary/aromatic N) is 3. The maximum atomic E-state index is 12.8. The van der Waals surface area contributed by atoms with E-state index in [4.69, 9.17) is 4.99 Å². The molecule has 0 unspecified atom stereocenters. The SMILES string of the molecule is O=C(CCCc1nc2ccccc2c(=O)[nH]1)n1ccccc1=NC1CCCCC1. The number of aryl methyl sites for hydroxylation is 1. The van der Waals surface area contributed by atoms with E-state index in [0.29, 0.717) is 42.0 Å². The van der Waals surface area contributed by atoms with Gasteiger partial charge in [-0.15, -0.1) is 0 Å². The fourth-order valence-corrected chi connectivity index (χ4v) is 3.93. The first-order valence-electron chi connectivity index (χ1n) is 10.4. The number of pyridine rings is 1. The molecule has 29 heavy (non-hydrogen) atoms. The van der Waals surface area contributed by atoms with E-state index in [0.717, 1.165) is 18.3 Å². The van der Waals surface area contributed by atoms with Gasteiger partial charge >= 0.3 is 0 Å². The number of para-hydroxylation sites is 1. The molecule has 0 aliphatic heterocycles. The second-order valence-electron chi connectivity index (χ2n) is 7.63. The summed E-state index contributed by atoms with van der Waals surface area (Å²) in [5, 5.41) is 0.584. The minimum absolute atomic E-state index is 0.0169. The molecular formula is C23H26N4O2. The van der Waals surface area contributed by atoms with Crippen LogP contribution in [0.2, 0.25) is 0 Å². The Morgan fingerprint density at radius 1 is 1.10 bits per heavy atom. The van der Waals surface area contributed by atoms with Gasteiger partial charge in [0.05, 0.1) is 16.9 Å². The summed E-state index contributed by atoms with van der Waals surface area (Å²) in [6.07, 6.45) is 9.24. The van der Waals surface area contributed by atoms with Gasteiger partial charge in [-0.25, -0.2) is 4.98 Å². The van der Waals surface area contributed by atoms with Crippen LogP contribution in [-0.4, -0.2) is 26.5 Å². The Labute approximate surface area is 169 Å². The van der Waals surface area contributed by atoms with E-state index in [-0.39, 0.29) is 11.5 Å². The summed E-state index contributed by atoms with van der Waals surface area (Å²) in [5.41, 5.74) is 1.29. The lowest BCUT2D eigenvalue weighted by atomic mass is 9.96. The molecule has 0 atom stereocenters. The summed E-state index contributed by atoms with van der Waals surface area (Å²) >= 11 is 0. The van der Waals surface area contributed by atoms with Crippen molar-refractivity contribution in [2.75, 3.05) is 0 Å². The maximum Gasteiger partial charge on any atom is 0.258 e. The van der Waals surface area contributed by atoms with Gasteiger partial charge in [0.2, 0.25) is 5.91 Å². The highest BCUT2D eigenvalue weighted by Crippen LogP contribution is 2.19. The van der Waals surface area contributed by atoms with Gasteiger partial charge in [-0.2, -0.15) is 0 Å². The number of aromatic amines is 1. The maximum absolute atomic E-state index is 12.8. The van der Waals surface area contributed by atoms with Crippen molar-refractivity contribution in [3.05, 3.63) is 70.3 Å². The Hall–Kier alpha value is -3.02. The topological polar surface area (TPSA) is 80.1 Å². The number of carbonyl (C=O) groups excluding carboxylic acids is 1. The van der Waals surface area contributed by atoms with Crippen LogP contribution < -0.4 is 11.0 Å². The van der Waals surface area contributed by atoms with Gasteiger partial charge < -0.3 is 4.98 Å². The van der Waals surface area contributed by atoms with Gasteiger partial charge in [-0.3, -0.25) is 19.1 Å². The van der Waals surface area contributed by atoms with Crippen LogP contribution in [-0.2, 0) is 6.42 Å². The van der Waals surface area contributed by atoms with E-state index >= 15 is 0 Å². The average molecular weight is 390 g/mol. The van der Waals surface area contributed by atoms with Gasteiger partial charge in [-0.05, 0) is 43.5 Å². The lowest BCUT2D eigenvalue weighted by molar-refractivity contribution is 0.0894. The van der Waals surface area contributed by atoms with Crippen molar-refractivity contribution in [2.24, 2.45) is 4.99 Å². The minimum Gasteiger partial charge on any atom is -0.310 e. The predicted molar refractivity (Wildman–Crippen MR) is 113 cm³/mol. The molecule has 0 amide bonds. The fraction of sp³-hybridized carbons (Fsp3) is 0.391. The number of benzene rings is 1. The van der Waals surface area contributed by atoms with Crippen LogP contribution in [0.1, 0.15) is 55.6 Å². The summed E-state index contributed by atoms with van der Waals surface area (Å²) in [5.74, 6) is 0.634. The van der Waals surface area contributed by atoms with Crippen LogP contribution in [0.5, 0.6) is 0 Å². The Kier molecular flexibility index (Phi) is 5.98. The molecule has 1 aliphatic rings. The van der Waals surface area contributed by atoms with Gasteiger partial charge in [0, 0.05) is 19.0 Å². The van der Waals surface area contributed by atoms with E-state index in [1.165, 1.54) is 19.3 Å². The number of fused-ring (bicyclic) bond motifs is 1. The highest BCUT2D eigenvalue weighted by atomic mass is 16.2. The minimum atomic E-state index is -0.136. The number of aromatic nitrogens is 3. The van der Waals surface area contributed by atoms with E-state index in [1.54, 1.807) is 16.8 Å². The summed E-state index contributed by atoms with van der Waals surface area (Å²) in [6.45, 7) is 0. The first kappa shape index (κ1) is 19.3. The molecule has 2 aromatic heterocycles. The van der Waals surface area contributed by atoms with Gasteiger partial charge in [0.15, 0.2) is 0 Å². The fourth-order valence-electron chi connectivity index (χ4n) is 3.93. The van der Waals surface area contributed by atoms with Crippen LogP contribution in [0.4, 0.5) is 0 Å². The third-order valence-electron chi connectivity index (χ3n) is 5.46. The monoisotopic (exact) mass is 390 g/mol.